The van der Waals surface area contributed by atoms with Crippen molar-refractivity contribution in [2.24, 2.45) is 5.73 Å². The number of hydrogen-bond donors (Lipinski definition) is 2. The molecule has 1 unspecified atom stereocenters. The third-order valence-electron chi connectivity index (χ3n) is 2.35. The Morgan fingerprint density at radius 3 is 2.81 bits per heavy atom. The van der Waals surface area contributed by atoms with Gasteiger partial charge < -0.3 is 15.8 Å². The average Bonchev–Trinajstić information content (AvgIpc) is 2.21. The predicted molar refractivity (Wildman–Crippen MR) is 64.7 cm³/mol. The van der Waals surface area contributed by atoms with Gasteiger partial charge in [0, 0.05) is 13.2 Å². The molecule has 0 bridgehead atoms. The lowest BCUT2D eigenvalue weighted by atomic mass is 10.1. The topological polar surface area (TPSA) is 64.3 Å². The van der Waals surface area contributed by atoms with Crippen LogP contribution in [0, 0.1) is 6.92 Å². The third kappa shape index (κ3) is 2.97. The molecule has 0 fully saturated rings. The number of nitrogens with one attached hydrogen (secondary N) is 1. The van der Waals surface area contributed by atoms with E-state index in [1.165, 1.54) is 0 Å². The molecule has 0 aliphatic carbocycles. The van der Waals surface area contributed by atoms with Gasteiger partial charge in [-0.3, -0.25) is 4.79 Å². The molecule has 0 saturated heterocycles. The average molecular weight is 222 g/mol. The number of carbonyl (C=O) groups is 1. The van der Waals surface area contributed by atoms with Crippen molar-refractivity contribution in [3.05, 3.63) is 29.3 Å². The molecule has 0 saturated carbocycles. The zero-order valence-corrected chi connectivity index (χ0v) is 9.91. The van der Waals surface area contributed by atoms with Crippen LogP contribution >= 0.6 is 0 Å². The molecule has 88 valence electrons. The molecule has 0 aromatic heterocycles. The summed E-state index contributed by atoms with van der Waals surface area (Å²) in [6.07, 6.45) is 0. The smallest absolute Gasteiger partial charge is 0.250 e. The number of ether oxygens (including phenoxy) is 1. The fraction of sp³-hybridized carbons (Fsp3) is 0.417. The molecule has 1 amide bonds. The van der Waals surface area contributed by atoms with Crippen molar-refractivity contribution in [2.45, 2.75) is 19.9 Å². The van der Waals surface area contributed by atoms with Gasteiger partial charge in [0.1, 0.15) is 0 Å². The predicted octanol–water partition coefficient (Wildman–Crippen LogP) is 1.54. The Labute approximate surface area is 95.8 Å². The second-order valence-electron chi connectivity index (χ2n) is 3.86. The summed E-state index contributed by atoms with van der Waals surface area (Å²) in [5, 5.41) is 3.24. The lowest BCUT2D eigenvalue weighted by molar-refractivity contribution is 0.100. The summed E-state index contributed by atoms with van der Waals surface area (Å²) >= 11 is 0. The maximum absolute atomic E-state index is 11.3. The van der Waals surface area contributed by atoms with E-state index in [1.807, 2.05) is 26.0 Å². The fourth-order valence-corrected chi connectivity index (χ4v) is 1.60. The molecule has 0 aliphatic rings. The zero-order valence-electron chi connectivity index (χ0n) is 9.91. The second kappa shape index (κ2) is 5.51. The second-order valence-corrected chi connectivity index (χ2v) is 3.86. The van der Waals surface area contributed by atoms with Gasteiger partial charge in [0.15, 0.2) is 0 Å². The number of carbonyl (C=O) groups excluding carboxylic acids is 1. The summed E-state index contributed by atoms with van der Waals surface area (Å²) in [6, 6.07) is 5.61. The van der Waals surface area contributed by atoms with E-state index in [1.54, 1.807) is 13.2 Å². The maximum atomic E-state index is 11.3. The van der Waals surface area contributed by atoms with Crippen molar-refractivity contribution in [3.63, 3.8) is 0 Å². The number of rotatable bonds is 5. The van der Waals surface area contributed by atoms with Crippen molar-refractivity contribution in [3.8, 4) is 0 Å². The highest BCUT2D eigenvalue weighted by atomic mass is 16.5. The van der Waals surface area contributed by atoms with Crippen LogP contribution in [-0.2, 0) is 4.74 Å². The minimum absolute atomic E-state index is 0.129. The van der Waals surface area contributed by atoms with Gasteiger partial charge in [-0.15, -0.1) is 0 Å². The molecule has 4 heteroatoms. The number of anilines is 1. The van der Waals surface area contributed by atoms with E-state index in [-0.39, 0.29) is 6.04 Å². The maximum Gasteiger partial charge on any atom is 0.250 e. The molecule has 1 aromatic carbocycles. The Balaban J connectivity index is 2.97. The molecular weight excluding hydrogens is 204 g/mol. The van der Waals surface area contributed by atoms with Crippen LogP contribution in [0.1, 0.15) is 22.8 Å². The number of para-hydroxylation sites is 1. The van der Waals surface area contributed by atoms with Gasteiger partial charge in [0.25, 0.3) is 5.91 Å². The largest absolute Gasteiger partial charge is 0.383 e. The first-order chi connectivity index (χ1) is 7.56. The Morgan fingerprint density at radius 2 is 2.25 bits per heavy atom. The molecule has 1 atom stereocenters. The molecule has 0 radical (unpaired) electrons. The Kier molecular flexibility index (Phi) is 4.31. The van der Waals surface area contributed by atoms with Crippen LogP contribution in [0.25, 0.3) is 0 Å². The SMILES string of the molecule is COCC(C)Nc1c(C)cccc1C(N)=O. The molecule has 16 heavy (non-hydrogen) atoms. The van der Waals surface area contributed by atoms with Gasteiger partial charge in [0.05, 0.1) is 17.9 Å². The van der Waals surface area contributed by atoms with E-state index < -0.39 is 5.91 Å². The van der Waals surface area contributed by atoms with Gasteiger partial charge in [0.2, 0.25) is 0 Å². The van der Waals surface area contributed by atoms with E-state index in [9.17, 15) is 4.79 Å². The zero-order chi connectivity index (χ0) is 12.1. The van der Waals surface area contributed by atoms with E-state index in [0.717, 1.165) is 11.3 Å². The van der Waals surface area contributed by atoms with E-state index in [2.05, 4.69) is 5.32 Å². The summed E-state index contributed by atoms with van der Waals surface area (Å²) in [5.41, 5.74) is 7.63. The standard InChI is InChI=1S/C12H18N2O2/c1-8-5-4-6-10(12(13)15)11(8)14-9(2)7-16-3/h4-6,9,14H,7H2,1-3H3,(H2,13,15). The summed E-state index contributed by atoms with van der Waals surface area (Å²) in [4.78, 5) is 11.3. The first-order valence-electron chi connectivity index (χ1n) is 5.21. The van der Waals surface area contributed by atoms with Gasteiger partial charge in [-0.2, -0.15) is 0 Å². The molecule has 0 spiro atoms. The number of aryl methyl sites for hydroxylation is 1. The number of hydrogen-bond acceptors (Lipinski definition) is 3. The highest BCUT2D eigenvalue weighted by molar-refractivity contribution is 5.99. The molecule has 0 aliphatic heterocycles. The van der Waals surface area contributed by atoms with Crippen LogP contribution in [-0.4, -0.2) is 25.7 Å². The Morgan fingerprint density at radius 1 is 1.56 bits per heavy atom. The first kappa shape index (κ1) is 12.5. The number of nitrogens with two attached hydrogens (primary N) is 1. The quantitative estimate of drug-likeness (QED) is 0.794. The van der Waals surface area contributed by atoms with Crippen molar-refractivity contribution in [1.29, 1.82) is 0 Å². The number of benzene rings is 1. The summed E-state index contributed by atoms with van der Waals surface area (Å²) in [6.45, 7) is 4.50. The van der Waals surface area contributed by atoms with Crippen LogP contribution in [0.5, 0.6) is 0 Å². The lowest BCUT2D eigenvalue weighted by Gasteiger charge is -2.18. The van der Waals surface area contributed by atoms with Gasteiger partial charge in [-0.25, -0.2) is 0 Å². The van der Waals surface area contributed by atoms with Crippen LogP contribution in [0.2, 0.25) is 0 Å². The fourth-order valence-electron chi connectivity index (χ4n) is 1.60. The third-order valence-corrected chi connectivity index (χ3v) is 2.35. The molecule has 4 nitrogen and oxygen atoms in total. The van der Waals surface area contributed by atoms with Crippen LogP contribution in [0.4, 0.5) is 5.69 Å². The number of primary amides is 1. The monoisotopic (exact) mass is 222 g/mol. The van der Waals surface area contributed by atoms with Crippen molar-refractivity contribution in [1.82, 2.24) is 0 Å². The molecule has 3 N–H and O–H groups in total. The van der Waals surface area contributed by atoms with Gasteiger partial charge >= 0.3 is 0 Å². The molecule has 1 rings (SSSR count). The van der Waals surface area contributed by atoms with Gasteiger partial charge in [-0.05, 0) is 25.5 Å². The van der Waals surface area contributed by atoms with Crippen molar-refractivity contribution >= 4 is 11.6 Å². The molecule has 1 aromatic rings. The van der Waals surface area contributed by atoms with E-state index in [4.69, 9.17) is 10.5 Å². The highest BCUT2D eigenvalue weighted by Gasteiger charge is 2.12. The van der Waals surface area contributed by atoms with Crippen molar-refractivity contribution < 1.29 is 9.53 Å². The Bertz CT molecular complexity index is 377. The van der Waals surface area contributed by atoms with Crippen LogP contribution in [0.3, 0.4) is 0 Å². The lowest BCUT2D eigenvalue weighted by Crippen LogP contribution is -2.24. The minimum atomic E-state index is -0.421. The van der Waals surface area contributed by atoms with Crippen LogP contribution < -0.4 is 11.1 Å². The van der Waals surface area contributed by atoms with E-state index in [0.29, 0.717) is 12.2 Å². The highest BCUT2D eigenvalue weighted by Crippen LogP contribution is 2.20. The van der Waals surface area contributed by atoms with Crippen LogP contribution in [0.15, 0.2) is 18.2 Å². The number of amides is 1. The van der Waals surface area contributed by atoms with Gasteiger partial charge in [-0.1, -0.05) is 12.1 Å². The summed E-state index contributed by atoms with van der Waals surface area (Å²) < 4.78 is 5.04. The van der Waals surface area contributed by atoms with Crippen molar-refractivity contribution in [2.75, 3.05) is 19.0 Å². The van der Waals surface area contributed by atoms with E-state index >= 15 is 0 Å². The summed E-state index contributed by atoms with van der Waals surface area (Å²) in [5.74, 6) is -0.421. The first-order valence-corrected chi connectivity index (χ1v) is 5.21. The molecule has 0 heterocycles. The summed E-state index contributed by atoms with van der Waals surface area (Å²) in [7, 11) is 1.64. The minimum Gasteiger partial charge on any atom is -0.383 e. The number of methoxy groups -OCH3 is 1. The molecular formula is C12H18N2O2. The Hall–Kier alpha value is -1.55. The normalized spacial score (nSPS) is 12.2.